The Bertz CT molecular complexity index is 423. The van der Waals surface area contributed by atoms with Crippen LogP contribution in [0.2, 0.25) is 0 Å². The van der Waals surface area contributed by atoms with E-state index in [0.717, 1.165) is 12.1 Å². The van der Waals surface area contributed by atoms with Crippen molar-refractivity contribution >= 4 is 5.97 Å². The SMILES string of the molecule is O=C(O)CONC(C[N+](=O)[O-])c1ccc(F)cc1. The Hall–Kier alpha value is -2.06. The average molecular weight is 258 g/mol. The van der Waals surface area contributed by atoms with Gasteiger partial charge in [0, 0.05) is 4.92 Å². The Morgan fingerprint density at radius 3 is 2.61 bits per heavy atom. The zero-order chi connectivity index (χ0) is 13.5. The number of nitrogens with one attached hydrogen (secondary N) is 1. The third-order valence-electron chi connectivity index (χ3n) is 2.03. The summed E-state index contributed by atoms with van der Waals surface area (Å²) in [4.78, 5) is 24.7. The third-order valence-corrected chi connectivity index (χ3v) is 2.03. The fourth-order valence-electron chi connectivity index (χ4n) is 1.26. The van der Waals surface area contributed by atoms with Gasteiger partial charge in [0.2, 0.25) is 6.54 Å². The molecule has 7 nitrogen and oxygen atoms in total. The molecule has 0 bridgehead atoms. The van der Waals surface area contributed by atoms with E-state index < -0.39 is 35.9 Å². The van der Waals surface area contributed by atoms with Crippen molar-refractivity contribution in [2.45, 2.75) is 6.04 Å². The maximum atomic E-state index is 12.7. The van der Waals surface area contributed by atoms with E-state index in [0.29, 0.717) is 5.56 Å². The molecule has 0 spiro atoms. The molecule has 0 radical (unpaired) electrons. The van der Waals surface area contributed by atoms with Gasteiger partial charge in [0.1, 0.15) is 11.9 Å². The minimum Gasteiger partial charge on any atom is -0.479 e. The number of halogens is 1. The Morgan fingerprint density at radius 1 is 1.50 bits per heavy atom. The minimum absolute atomic E-state index is 0.429. The second-order valence-corrected chi connectivity index (χ2v) is 3.42. The zero-order valence-electron chi connectivity index (χ0n) is 9.21. The molecular formula is C10H11FN2O5. The number of aliphatic carboxylic acids is 1. The Kier molecular flexibility index (Phi) is 5.15. The highest BCUT2D eigenvalue weighted by molar-refractivity contribution is 5.67. The molecule has 0 aliphatic heterocycles. The lowest BCUT2D eigenvalue weighted by atomic mass is 10.1. The van der Waals surface area contributed by atoms with Crippen molar-refractivity contribution in [1.29, 1.82) is 0 Å². The predicted molar refractivity (Wildman–Crippen MR) is 57.7 cm³/mol. The molecule has 0 aliphatic carbocycles. The van der Waals surface area contributed by atoms with Crippen molar-refractivity contribution in [3.8, 4) is 0 Å². The highest BCUT2D eigenvalue weighted by Crippen LogP contribution is 2.13. The molecule has 0 saturated heterocycles. The molecule has 98 valence electrons. The molecule has 0 aromatic heterocycles. The van der Waals surface area contributed by atoms with Crippen LogP contribution in [0.25, 0.3) is 0 Å². The van der Waals surface area contributed by atoms with Crippen molar-refractivity contribution in [1.82, 2.24) is 5.48 Å². The number of hydrogen-bond donors (Lipinski definition) is 2. The molecule has 8 heteroatoms. The standard InChI is InChI=1S/C10H11FN2O5/c11-8-3-1-7(2-4-8)9(5-13(16)17)12-18-6-10(14)15/h1-4,9,12H,5-6H2,(H,14,15). The molecule has 0 amide bonds. The Morgan fingerprint density at radius 2 is 2.11 bits per heavy atom. The van der Waals surface area contributed by atoms with Crippen LogP contribution in [0.5, 0.6) is 0 Å². The Labute approximate surface area is 101 Å². The lowest BCUT2D eigenvalue weighted by Crippen LogP contribution is -2.29. The summed E-state index contributed by atoms with van der Waals surface area (Å²) in [6, 6.07) is 4.18. The van der Waals surface area contributed by atoms with Gasteiger partial charge in [-0.05, 0) is 17.7 Å². The van der Waals surface area contributed by atoms with Crippen LogP contribution < -0.4 is 5.48 Å². The molecule has 2 N–H and O–H groups in total. The topological polar surface area (TPSA) is 102 Å². The first kappa shape index (κ1) is 14.0. The molecule has 0 saturated carbocycles. The van der Waals surface area contributed by atoms with Crippen molar-refractivity contribution in [3.63, 3.8) is 0 Å². The number of hydroxylamine groups is 1. The van der Waals surface area contributed by atoms with Gasteiger partial charge in [-0.2, -0.15) is 5.48 Å². The number of nitrogens with zero attached hydrogens (tertiary/aromatic N) is 1. The van der Waals surface area contributed by atoms with Crippen LogP contribution in [0.4, 0.5) is 4.39 Å². The lowest BCUT2D eigenvalue weighted by molar-refractivity contribution is -0.486. The van der Waals surface area contributed by atoms with Gasteiger partial charge in [-0.25, -0.2) is 9.18 Å². The van der Waals surface area contributed by atoms with Gasteiger partial charge in [0.15, 0.2) is 6.61 Å². The van der Waals surface area contributed by atoms with Crippen LogP contribution in [-0.2, 0) is 9.63 Å². The number of rotatable bonds is 7. The molecule has 1 unspecified atom stereocenters. The Balaban J connectivity index is 2.68. The van der Waals surface area contributed by atoms with Crippen molar-refractivity contribution in [2.24, 2.45) is 0 Å². The van der Waals surface area contributed by atoms with Gasteiger partial charge in [-0.15, -0.1) is 0 Å². The van der Waals surface area contributed by atoms with E-state index in [1.165, 1.54) is 12.1 Å². The first-order valence-electron chi connectivity index (χ1n) is 4.95. The normalized spacial score (nSPS) is 12.1. The van der Waals surface area contributed by atoms with Crippen LogP contribution in [0.1, 0.15) is 11.6 Å². The first-order valence-corrected chi connectivity index (χ1v) is 4.95. The van der Waals surface area contributed by atoms with Crippen LogP contribution >= 0.6 is 0 Å². The monoisotopic (exact) mass is 258 g/mol. The minimum atomic E-state index is -1.21. The maximum absolute atomic E-state index is 12.7. The maximum Gasteiger partial charge on any atom is 0.331 e. The largest absolute Gasteiger partial charge is 0.479 e. The van der Waals surface area contributed by atoms with Crippen LogP contribution in [0.3, 0.4) is 0 Å². The van der Waals surface area contributed by atoms with E-state index in [4.69, 9.17) is 5.11 Å². The van der Waals surface area contributed by atoms with Crippen LogP contribution in [0, 0.1) is 15.9 Å². The molecule has 1 aromatic rings. The van der Waals surface area contributed by atoms with Gasteiger partial charge in [0.25, 0.3) is 0 Å². The molecule has 1 rings (SSSR count). The smallest absolute Gasteiger partial charge is 0.331 e. The highest BCUT2D eigenvalue weighted by Gasteiger charge is 2.18. The predicted octanol–water partition coefficient (Wildman–Crippen LogP) is 0.749. The third kappa shape index (κ3) is 4.85. The van der Waals surface area contributed by atoms with Crippen molar-refractivity contribution in [2.75, 3.05) is 13.2 Å². The van der Waals surface area contributed by atoms with Gasteiger partial charge < -0.3 is 5.11 Å². The van der Waals surface area contributed by atoms with Gasteiger partial charge in [0.05, 0.1) is 0 Å². The number of carboxylic acid groups (broad SMARTS) is 1. The summed E-state index contributed by atoms with van der Waals surface area (Å²) in [5.41, 5.74) is 2.70. The number of carboxylic acids is 1. The lowest BCUT2D eigenvalue weighted by Gasteiger charge is -2.14. The molecular weight excluding hydrogens is 247 g/mol. The average Bonchev–Trinajstić information content (AvgIpc) is 2.28. The highest BCUT2D eigenvalue weighted by atomic mass is 19.1. The van der Waals surface area contributed by atoms with Crippen molar-refractivity contribution < 1.29 is 24.1 Å². The number of nitro groups is 1. The van der Waals surface area contributed by atoms with Crippen LogP contribution in [0.15, 0.2) is 24.3 Å². The molecule has 0 heterocycles. The van der Waals surface area contributed by atoms with E-state index in [-0.39, 0.29) is 0 Å². The molecule has 0 fully saturated rings. The summed E-state index contributed by atoms with van der Waals surface area (Å²) in [6.45, 7) is -1.14. The number of benzene rings is 1. The van der Waals surface area contributed by atoms with Gasteiger partial charge in [-0.3, -0.25) is 15.0 Å². The fourth-order valence-corrected chi connectivity index (χ4v) is 1.26. The number of hydrogen-bond acceptors (Lipinski definition) is 5. The second kappa shape index (κ2) is 6.62. The summed E-state index contributed by atoms with van der Waals surface area (Å²) in [5.74, 6) is -1.67. The molecule has 1 atom stereocenters. The summed E-state index contributed by atoms with van der Waals surface area (Å²) in [7, 11) is 0. The summed E-state index contributed by atoms with van der Waals surface area (Å²) < 4.78 is 12.7. The summed E-state index contributed by atoms with van der Waals surface area (Å²) >= 11 is 0. The molecule has 1 aromatic carbocycles. The van der Waals surface area contributed by atoms with E-state index in [9.17, 15) is 19.3 Å². The second-order valence-electron chi connectivity index (χ2n) is 3.42. The number of carbonyl (C=O) groups is 1. The first-order chi connectivity index (χ1) is 8.49. The van der Waals surface area contributed by atoms with Crippen LogP contribution in [-0.4, -0.2) is 29.2 Å². The summed E-state index contributed by atoms with van der Waals surface area (Å²) in [5, 5.41) is 18.8. The van der Waals surface area contributed by atoms with Gasteiger partial charge in [-0.1, -0.05) is 12.1 Å². The quantitative estimate of drug-likeness (QED) is 0.552. The zero-order valence-corrected chi connectivity index (χ0v) is 9.21. The van der Waals surface area contributed by atoms with E-state index in [1.54, 1.807) is 0 Å². The van der Waals surface area contributed by atoms with E-state index in [2.05, 4.69) is 10.3 Å². The fraction of sp³-hybridized carbons (Fsp3) is 0.300. The van der Waals surface area contributed by atoms with E-state index >= 15 is 0 Å². The van der Waals surface area contributed by atoms with Crippen molar-refractivity contribution in [3.05, 3.63) is 45.8 Å². The van der Waals surface area contributed by atoms with Gasteiger partial charge >= 0.3 is 5.97 Å². The molecule has 18 heavy (non-hydrogen) atoms. The van der Waals surface area contributed by atoms with E-state index in [1.807, 2.05) is 0 Å². The molecule has 0 aliphatic rings. The summed E-state index contributed by atoms with van der Waals surface area (Å²) in [6.07, 6.45) is 0.